The van der Waals surface area contributed by atoms with Gasteiger partial charge in [-0.3, -0.25) is 4.79 Å². The van der Waals surface area contributed by atoms with Gasteiger partial charge in [0.2, 0.25) is 0 Å². The van der Waals surface area contributed by atoms with Crippen molar-refractivity contribution in [1.82, 2.24) is 5.32 Å². The number of carbonyl (C=O) groups excluding carboxylic acids is 1. The summed E-state index contributed by atoms with van der Waals surface area (Å²) >= 11 is 6.45. The highest BCUT2D eigenvalue weighted by Crippen LogP contribution is 2.20. The second-order valence-electron chi connectivity index (χ2n) is 4.38. The molecule has 104 valence electrons. The Morgan fingerprint density at radius 2 is 1.95 bits per heavy atom. The van der Waals surface area contributed by atoms with Crippen molar-refractivity contribution in [1.29, 1.82) is 0 Å². The van der Waals surface area contributed by atoms with Crippen LogP contribution in [0.25, 0.3) is 0 Å². The van der Waals surface area contributed by atoms with E-state index < -0.39 is 5.82 Å². The quantitative estimate of drug-likeness (QED) is 0.784. The first-order valence-corrected chi connectivity index (χ1v) is 7.57. The summed E-state index contributed by atoms with van der Waals surface area (Å²) in [5.74, 6) is -0.753. The van der Waals surface area contributed by atoms with Gasteiger partial charge < -0.3 is 5.32 Å². The molecule has 1 unspecified atom stereocenters. The van der Waals surface area contributed by atoms with E-state index in [1.807, 2.05) is 31.2 Å². The van der Waals surface area contributed by atoms with Crippen LogP contribution in [0.3, 0.4) is 0 Å². The van der Waals surface area contributed by atoms with Crippen LogP contribution in [0.2, 0.25) is 0 Å². The highest BCUT2D eigenvalue weighted by atomic mass is 79.9. The molecule has 2 nitrogen and oxygen atoms in total. The molecule has 2 aromatic carbocycles. The summed E-state index contributed by atoms with van der Waals surface area (Å²) in [6, 6.07) is 11.8. The second kappa shape index (κ2) is 6.50. The number of hydrogen-bond acceptors (Lipinski definition) is 1. The van der Waals surface area contributed by atoms with Crippen molar-refractivity contribution < 1.29 is 9.18 Å². The highest BCUT2D eigenvalue weighted by molar-refractivity contribution is 9.10. The maximum Gasteiger partial charge on any atom is 0.251 e. The summed E-state index contributed by atoms with van der Waals surface area (Å²) in [5.41, 5.74) is 1.28. The van der Waals surface area contributed by atoms with Crippen LogP contribution in [0, 0.1) is 5.82 Å². The van der Waals surface area contributed by atoms with E-state index in [-0.39, 0.29) is 11.9 Å². The molecule has 5 heteroatoms. The van der Waals surface area contributed by atoms with Crippen LogP contribution in [-0.2, 0) is 0 Å². The number of amides is 1. The van der Waals surface area contributed by atoms with Crippen LogP contribution in [0.1, 0.15) is 28.9 Å². The number of halogens is 3. The highest BCUT2D eigenvalue weighted by Gasteiger charge is 2.13. The smallest absolute Gasteiger partial charge is 0.251 e. The number of benzene rings is 2. The molecule has 1 amide bonds. The summed E-state index contributed by atoms with van der Waals surface area (Å²) in [6.45, 7) is 1.88. The first-order valence-electron chi connectivity index (χ1n) is 5.99. The molecule has 2 rings (SSSR count). The van der Waals surface area contributed by atoms with Gasteiger partial charge in [-0.15, -0.1) is 0 Å². The zero-order chi connectivity index (χ0) is 14.7. The molecule has 0 spiro atoms. The van der Waals surface area contributed by atoms with E-state index in [4.69, 9.17) is 0 Å². The summed E-state index contributed by atoms with van der Waals surface area (Å²) in [6.07, 6.45) is 0. The van der Waals surface area contributed by atoms with E-state index in [2.05, 4.69) is 37.2 Å². The van der Waals surface area contributed by atoms with Crippen molar-refractivity contribution in [2.24, 2.45) is 0 Å². The van der Waals surface area contributed by atoms with Gasteiger partial charge in [-0.1, -0.05) is 28.1 Å². The van der Waals surface area contributed by atoms with Crippen molar-refractivity contribution in [2.75, 3.05) is 0 Å². The van der Waals surface area contributed by atoms with E-state index in [0.29, 0.717) is 10.0 Å². The number of carbonyl (C=O) groups is 1. The van der Waals surface area contributed by atoms with Gasteiger partial charge >= 0.3 is 0 Å². The third-order valence-corrected chi connectivity index (χ3v) is 4.01. The topological polar surface area (TPSA) is 29.1 Å². The minimum absolute atomic E-state index is 0.160. The Balaban J connectivity index is 2.13. The zero-order valence-electron chi connectivity index (χ0n) is 10.7. The Hall–Kier alpha value is -1.20. The SMILES string of the molecule is CC(NC(=O)c1ccc(Br)c(F)c1)c1cccc(Br)c1. The molecule has 2 aromatic rings. The van der Waals surface area contributed by atoms with Gasteiger partial charge in [-0.25, -0.2) is 4.39 Å². The molecule has 0 bridgehead atoms. The van der Waals surface area contributed by atoms with E-state index >= 15 is 0 Å². The number of rotatable bonds is 3. The van der Waals surface area contributed by atoms with Gasteiger partial charge in [0, 0.05) is 10.0 Å². The summed E-state index contributed by atoms with van der Waals surface area (Å²) in [7, 11) is 0. The predicted molar refractivity (Wildman–Crippen MR) is 84.1 cm³/mol. The van der Waals surface area contributed by atoms with Gasteiger partial charge in [0.15, 0.2) is 0 Å². The van der Waals surface area contributed by atoms with E-state index in [1.165, 1.54) is 12.1 Å². The minimum Gasteiger partial charge on any atom is -0.346 e. The van der Waals surface area contributed by atoms with Crippen molar-refractivity contribution in [3.63, 3.8) is 0 Å². The molecular weight excluding hydrogens is 389 g/mol. The third-order valence-electron chi connectivity index (χ3n) is 2.88. The van der Waals surface area contributed by atoms with Crippen LogP contribution in [0.5, 0.6) is 0 Å². The van der Waals surface area contributed by atoms with E-state index in [9.17, 15) is 9.18 Å². The second-order valence-corrected chi connectivity index (χ2v) is 6.15. The van der Waals surface area contributed by atoms with Crippen LogP contribution >= 0.6 is 31.9 Å². The molecule has 0 aliphatic carbocycles. The maximum atomic E-state index is 13.4. The molecule has 0 aromatic heterocycles. The maximum absolute atomic E-state index is 13.4. The molecule has 1 N–H and O–H groups in total. The lowest BCUT2D eigenvalue weighted by Gasteiger charge is -2.15. The van der Waals surface area contributed by atoms with Crippen LogP contribution < -0.4 is 5.32 Å². The molecule has 0 saturated heterocycles. The molecule has 20 heavy (non-hydrogen) atoms. The number of hydrogen-bond donors (Lipinski definition) is 1. The van der Waals surface area contributed by atoms with Crippen LogP contribution in [0.4, 0.5) is 4.39 Å². The van der Waals surface area contributed by atoms with E-state index in [0.717, 1.165) is 10.0 Å². The molecule has 0 aliphatic heterocycles. The molecule has 0 aliphatic rings. The zero-order valence-corrected chi connectivity index (χ0v) is 13.8. The molecule has 0 saturated carbocycles. The molecular formula is C15H12Br2FNO. The Morgan fingerprint density at radius 3 is 2.60 bits per heavy atom. The van der Waals surface area contributed by atoms with Gasteiger partial charge in [0.1, 0.15) is 5.82 Å². The van der Waals surface area contributed by atoms with Crippen molar-refractivity contribution in [3.05, 3.63) is 68.4 Å². The van der Waals surface area contributed by atoms with Gasteiger partial charge in [-0.2, -0.15) is 0 Å². The van der Waals surface area contributed by atoms with Crippen LogP contribution in [0.15, 0.2) is 51.4 Å². The van der Waals surface area contributed by atoms with Crippen molar-refractivity contribution in [3.8, 4) is 0 Å². The average molecular weight is 401 g/mol. The molecule has 0 radical (unpaired) electrons. The minimum atomic E-state index is -0.451. The number of nitrogens with one attached hydrogen (secondary N) is 1. The fourth-order valence-corrected chi connectivity index (χ4v) is 2.44. The molecule has 0 heterocycles. The van der Waals surface area contributed by atoms with Crippen molar-refractivity contribution in [2.45, 2.75) is 13.0 Å². The first-order chi connectivity index (χ1) is 9.47. The fraction of sp³-hybridized carbons (Fsp3) is 0.133. The predicted octanol–water partition coefficient (Wildman–Crippen LogP) is 4.84. The van der Waals surface area contributed by atoms with E-state index in [1.54, 1.807) is 6.07 Å². The largest absolute Gasteiger partial charge is 0.346 e. The first kappa shape index (κ1) is 15.2. The van der Waals surface area contributed by atoms with Gasteiger partial charge in [-0.05, 0) is 58.7 Å². The lowest BCUT2D eigenvalue weighted by molar-refractivity contribution is 0.0939. The lowest BCUT2D eigenvalue weighted by Crippen LogP contribution is -2.26. The summed E-state index contributed by atoms with van der Waals surface area (Å²) < 4.78 is 14.7. The summed E-state index contributed by atoms with van der Waals surface area (Å²) in [5, 5.41) is 2.84. The fourth-order valence-electron chi connectivity index (χ4n) is 1.78. The van der Waals surface area contributed by atoms with Crippen LogP contribution in [-0.4, -0.2) is 5.91 Å². The normalized spacial score (nSPS) is 12.0. The van der Waals surface area contributed by atoms with Gasteiger partial charge in [0.25, 0.3) is 5.91 Å². The average Bonchev–Trinajstić information content (AvgIpc) is 2.41. The Bertz CT molecular complexity index is 646. The third kappa shape index (κ3) is 3.67. The molecule has 0 fully saturated rings. The monoisotopic (exact) mass is 399 g/mol. The Labute approximate surface area is 133 Å². The molecule has 1 atom stereocenters. The standard InChI is InChI=1S/C15H12Br2FNO/c1-9(10-3-2-4-12(16)7-10)19-15(20)11-5-6-13(17)14(18)8-11/h2-9H,1H3,(H,19,20). The lowest BCUT2D eigenvalue weighted by atomic mass is 10.1. The Kier molecular flexibility index (Phi) is 4.94. The summed E-state index contributed by atoms with van der Waals surface area (Å²) in [4.78, 5) is 12.1. The Morgan fingerprint density at radius 1 is 1.20 bits per heavy atom. The van der Waals surface area contributed by atoms with Gasteiger partial charge in [0.05, 0.1) is 10.5 Å². The van der Waals surface area contributed by atoms with Crippen molar-refractivity contribution >= 4 is 37.8 Å².